The van der Waals surface area contributed by atoms with Gasteiger partial charge in [-0.15, -0.1) is 0 Å². The van der Waals surface area contributed by atoms with Crippen molar-refractivity contribution in [2.45, 2.75) is 6.92 Å². The number of aryl methyl sites for hydroxylation is 1. The van der Waals surface area contributed by atoms with E-state index in [1.54, 1.807) is 24.3 Å². The van der Waals surface area contributed by atoms with E-state index in [0.29, 0.717) is 27.2 Å². The van der Waals surface area contributed by atoms with Crippen molar-refractivity contribution in [3.63, 3.8) is 0 Å². The summed E-state index contributed by atoms with van der Waals surface area (Å²) in [7, 11) is 1.44. The Kier molecular flexibility index (Phi) is 7.03. The molecule has 0 saturated carbocycles. The van der Waals surface area contributed by atoms with E-state index in [1.165, 1.54) is 13.2 Å². The first-order chi connectivity index (χ1) is 14.8. The second-order valence-corrected chi connectivity index (χ2v) is 7.79. The number of carbonyl (C=O) groups excluding carboxylic acids is 3. The minimum atomic E-state index is -0.600. The second kappa shape index (κ2) is 9.71. The van der Waals surface area contributed by atoms with Gasteiger partial charge in [0.05, 0.1) is 11.6 Å². The van der Waals surface area contributed by atoms with E-state index in [2.05, 4.69) is 31.9 Å². The van der Waals surface area contributed by atoms with Crippen LogP contribution in [-0.2, 0) is 14.4 Å². The molecule has 0 radical (unpaired) electrons. The molecule has 0 spiro atoms. The highest BCUT2D eigenvalue weighted by atomic mass is 79.9. The number of hydrogen-bond acceptors (Lipinski definition) is 6. The van der Waals surface area contributed by atoms with Gasteiger partial charge in [-0.1, -0.05) is 17.7 Å². The molecule has 3 amide bonds. The number of nitrogens with one attached hydrogen (secondary N) is 3. The summed E-state index contributed by atoms with van der Waals surface area (Å²) < 4.78 is 11.5. The van der Waals surface area contributed by atoms with Crippen molar-refractivity contribution in [2.24, 2.45) is 0 Å². The van der Waals surface area contributed by atoms with Crippen LogP contribution in [0.5, 0.6) is 11.5 Å². The van der Waals surface area contributed by atoms with Crippen LogP contribution in [-0.4, -0.2) is 36.6 Å². The van der Waals surface area contributed by atoms with Crippen LogP contribution in [0.4, 0.5) is 5.69 Å². The minimum Gasteiger partial charge on any atom is -0.493 e. The first-order valence-electron chi connectivity index (χ1n) is 9.02. The van der Waals surface area contributed by atoms with Gasteiger partial charge in [-0.3, -0.25) is 25.0 Å². The molecule has 3 N–H and O–H groups in total. The number of benzene rings is 2. The van der Waals surface area contributed by atoms with E-state index in [-0.39, 0.29) is 23.2 Å². The number of ether oxygens (including phenoxy) is 2. The molecular formula is C21H18BrN3O5S. The number of amides is 3. The molecule has 1 heterocycles. The normalized spacial score (nSPS) is 13.3. The third-order valence-corrected chi connectivity index (χ3v) is 4.98. The SMILES string of the molecule is COc1cc(C=C2C(=O)NC(=S)NC2=O)cc(Br)c1OCC(=O)Nc1ccc(C)cc1. The topological polar surface area (TPSA) is 106 Å². The van der Waals surface area contributed by atoms with Crippen LogP contribution in [0, 0.1) is 6.92 Å². The van der Waals surface area contributed by atoms with Gasteiger partial charge in [-0.25, -0.2) is 0 Å². The number of anilines is 1. The zero-order valence-corrected chi connectivity index (χ0v) is 19.0. The van der Waals surface area contributed by atoms with E-state index < -0.39 is 11.8 Å². The van der Waals surface area contributed by atoms with Crippen molar-refractivity contribution in [3.05, 3.63) is 57.6 Å². The molecule has 0 bridgehead atoms. The summed E-state index contributed by atoms with van der Waals surface area (Å²) in [6.45, 7) is 1.71. The molecule has 1 fully saturated rings. The highest BCUT2D eigenvalue weighted by Crippen LogP contribution is 2.37. The van der Waals surface area contributed by atoms with E-state index >= 15 is 0 Å². The Morgan fingerprint density at radius 3 is 2.42 bits per heavy atom. The Morgan fingerprint density at radius 1 is 1.16 bits per heavy atom. The van der Waals surface area contributed by atoms with Crippen molar-refractivity contribution in [1.29, 1.82) is 0 Å². The first-order valence-corrected chi connectivity index (χ1v) is 10.2. The van der Waals surface area contributed by atoms with E-state index in [0.717, 1.165) is 5.56 Å². The predicted molar refractivity (Wildman–Crippen MR) is 123 cm³/mol. The third kappa shape index (κ3) is 5.68. The summed E-state index contributed by atoms with van der Waals surface area (Å²) in [6.07, 6.45) is 1.40. The van der Waals surface area contributed by atoms with Gasteiger partial charge in [0.25, 0.3) is 17.7 Å². The third-order valence-electron chi connectivity index (χ3n) is 4.19. The molecule has 31 heavy (non-hydrogen) atoms. The highest BCUT2D eigenvalue weighted by molar-refractivity contribution is 9.10. The summed E-state index contributed by atoms with van der Waals surface area (Å²) in [4.78, 5) is 36.3. The standard InChI is InChI=1S/C21H18BrN3O5S/c1-11-3-5-13(6-4-11)23-17(26)10-30-18-15(22)8-12(9-16(18)29-2)7-14-19(27)24-21(31)25-20(14)28/h3-9H,10H2,1-2H3,(H,23,26)(H2,24,25,27,28,31). The summed E-state index contributed by atoms with van der Waals surface area (Å²) in [6, 6.07) is 10.6. The van der Waals surface area contributed by atoms with Crippen LogP contribution >= 0.6 is 28.1 Å². The smallest absolute Gasteiger partial charge is 0.263 e. The molecule has 2 aromatic rings. The van der Waals surface area contributed by atoms with Crippen molar-refractivity contribution < 1.29 is 23.9 Å². The Bertz CT molecular complexity index is 1080. The van der Waals surface area contributed by atoms with Gasteiger partial charge >= 0.3 is 0 Å². The number of rotatable bonds is 6. The number of hydrogen-bond donors (Lipinski definition) is 3. The molecule has 8 nitrogen and oxygen atoms in total. The van der Waals surface area contributed by atoms with E-state index in [1.807, 2.05) is 19.1 Å². The van der Waals surface area contributed by atoms with Gasteiger partial charge in [-0.05, 0) is 71.0 Å². The number of halogens is 1. The molecule has 160 valence electrons. The Hall–Kier alpha value is -3.24. The molecule has 3 rings (SSSR count). The van der Waals surface area contributed by atoms with Crippen molar-refractivity contribution in [2.75, 3.05) is 19.0 Å². The molecule has 1 aliphatic heterocycles. The maximum atomic E-state index is 12.2. The van der Waals surface area contributed by atoms with Crippen LogP contribution in [0.25, 0.3) is 6.08 Å². The predicted octanol–water partition coefficient (Wildman–Crippen LogP) is 2.70. The monoisotopic (exact) mass is 503 g/mol. The molecule has 1 aliphatic rings. The van der Waals surface area contributed by atoms with Crippen LogP contribution in [0.2, 0.25) is 0 Å². The van der Waals surface area contributed by atoms with Gasteiger partial charge in [0.1, 0.15) is 5.57 Å². The summed E-state index contributed by atoms with van der Waals surface area (Å²) in [5.41, 5.74) is 2.15. The van der Waals surface area contributed by atoms with Gasteiger partial charge < -0.3 is 14.8 Å². The second-order valence-electron chi connectivity index (χ2n) is 6.53. The molecule has 0 atom stereocenters. The zero-order chi connectivity index (χ0) is 22.5. The lowest BCUT2D eigenvalue weighted by Crippen LogP contribution is -2.51. The lowest BCUT2D eigenvalue weighted by molar-refractivity contribution is -0.123. The Morgan fingerprint density at radius 2 is 1.81 bits per heavy atom. The maximum absolute atomic E-state index is 12.2. The average molecular weight is 504 g/mol. The van der Waals surface area contributed by atoms with E-state index in [9.17, 15) is 14.4 Å². The number of carbonyl (C=O) groups is 3. The van der Waals surface area contributed by atoms with Crippen molar-refractivity contribution >= 4 is 62.7 Å². The van der Waals surface area contributed by atoms with Gasteiger partial charge in [0, 0.05) is 5.69 Å². The Labute approximate surface area is 192 Å². The molecular weight excluding hydrogens is 486 g/mol. The van der Waals surface area contributed by atoms with Crippen molar-refractivity contribution in [1.82, 2.24) is 10.6 Å². The summed E-state index contributed by atoms with van der Waals surface area (Å²) in [5, 5.41) is 7.44. The Balaban J connectivity index is 1.75. The fourth-order valence-electron chi connectivity index (χ4n) is 2.71. The lowest BCUT2D eigenvalue weighted by Gasteiger charge is -2.17. The molecule has 0 unspecified atom stereocenters. The first kappa shape index (κ1) is 22.4. The fraction of sp³-hybridized carbons (Fsp3) is 0.143. The summed E-state index contributed by atoms with van der Waals surface area (Å²) >= 11 is 8.16. The highest BCUT2D eigenvalue weighted by Gasteiger charge is 2.26. The minimum absolute atomic E-state index is 0.0430. The maximum Gasteiger partial charge on any atom is 0.263 e. The van der Waals surface area contributed by atoms with Gasteiger partial charge in [-0.2, -0.15) is 0 Å². The van der Waals surface area contributed by atoms with Crippen LogP contribution in [0.15, 0.2) is 46.4 Å². The number of methoxy groups -OCH3 is 1. The zero-order valence-electron chi connectivity index (χ0n) is 16.6. The fourth-order valence-corrected chi connectivity index (χ4v) is 3.47. The molecule has 0 aromatic heterocycles. The van der Waals surface area contributed by atoms with Crippen LogP contribution in [0.3, 0.4) is 0 Å². The molecule has 2 aromatic carbocycles. The average Bonchev–Trinajstić information content (AvgIpc) is 2.71. The number of thiocarbonyl (C=S) groups is 1. The lowest BCUT2D eigenvalue weighted by atomic mass is 10.1. The molecule has 10 heteroatoms. The van der Waals surface area contributed by atoms with E-state index in [4.69, 9.17) is 21.7 Å². The molecule has 1 saturated heterocycles. The van der Waals surface area contributed by atoms with Gasteiger partial charge in [0.2, 0.25) is 0 Å². The van der Waals surface area contributed by atoms with Gasteiger partial charge in [0.15, 0.2) is 23.2 Å². The summed E-state index contributed by atoms with van der Waals surface area (Å²) in [5.74, 6) is -0.914. The van der Waals surface area contributed by atoms with Crippen LogP contribution < -0.4 is 25.4 Å². The van der Waals surface area contributed by atoms with Crippen LogP contribution in [0.1, 0.15) is 11.1 Å². The molecule has 0 aliphatic carbocycles. The van der Waals surface area contributed by atoms with Crippen molar-refractivity contribution in [3.8, 4) is 11.5 Å². The quantitative estimate of drug-likeness (QED) is 0.318. The largest absolute Gasteiger partial charge is 0.493 e.